The number of ether oxygens (including phenoxy) is 2. The van der Waals surface area contributed by atoms with Crippen LogP contribution in [0.2, 0.25) is 18.1 Å². The van der Waals surface area contributed by atoms with E-state index in [0.717, 1.165) is 30.6 Å². The molecule has 0 unspecified atom stereocenters. The number of allylic oxidation sites excluding steroid dienone is 3. The van der Waals surface area contributed by atoms with Crippen LogP contribution in [0.5, 0.6) is 5.75 Å². The molecule has 0 bridgehead atoms. The number of hydrogen-bond donors (Lipinski definition) is 0. The van der Waals surface area contributed by atoms with Gasteiger partial charge in [0.1, 0.15) is 5.75 Å². The van der Waals surface area contributed by atoms with Crippen molar-refractivity contribution in [2.24, 2.45) is 11.8 Å². The van der Waals surface area contributed by atoms with Gasteiger partial charge in [0.2, 0.25) is 0 Å². The molecule has 0 radical (unpaired) electrons. The quantitative estimate of drug-likeness (QED) is 0.120. The average Bonchev–Trinajstić information content (AvgIpc) is 3.23. The Kier molecular flexibility index (Phi) is 11.1. The molecule has 184 valence electrons. The fraction of sp³-hybridized carbons (Fsp3) is 0.593. The third-order valence-corrected chi connectivity index (χ3v) is 12.0. The maximum atomic E-state index is 10.8. The van der Waals surface area contributed by atoms with Gasteiger partial charge in [0.05, 0.1) is 30.9 Å². The minimum absolute atomic E-state index is 0.161. The number of rotatable bonds is 12. The van der Waals surface area contributed by atoms with Crippen LogP contribution in [0.15, 0.2) is 47.0 Å². The predicted octanol–water partition coefficient (Wildman–Crippen LogP) is 7.44. The van der Waals surface area contributed by atoms with Crippen LogP contribution < -0.4 is 4.74 Å². The maximum Gasteiger partial charge on any atom is 0.192 e. The number of benzene rings is 1. The van der Waals surface area contributed by atoms with Crippen LogP contribution in [-0.2, 0) is 20.6 Å². The first-order valence-corrected chi connectivity index (χ1v) is 15.6. The Hall–Kier alpha value is -1.21. The fourth-order valence-corrected chi connectivity index (χ4v) is 5.62. The van der Waals surface area contributed by atoms with E-state index in [1.807, 2.05) is 18.2 Å². The SMILES string of the molecule is COc1ccc(COC[C@@H]2CCC[C@H]2[C@H](C/C=C/C=C(\Br)C=O)O[Si](C)(C)C(C)(C)C)cc1. The molecule has 4 nitrogen and oxygen atoms in total. The van der Waals surface area contributed by atoms with Crippen LogP contribution in [0, 0.1) is 11.8 Å². The number of carbonyl (C=O) groups is 1. The minimum Gasteiger partial charge on any atom is -0.497 e. The number of methoxy groups -OCH3 is 1. The molecule has 2 rings (SSSR count). The van der Waals surface area contributed by atoms with Crippen molar-refractivity contribution in [3.63, 3.8) is 0 Å². The number of halogens is 1. The van der Waals surface area contributed by atoms with Crippen molar-refractivity contribution in [2.75, 3.05) is 13.7 Å². The molecule has 6 heteroatoms. The van der Waals surface area contributed by atoms with Crippen LogP contribution in [0.3, 0.4) is 0 Å². The van der Waals surface area contributed by atoms with Gasteiger partial charge in [0.15, 0.2) is 14.6 Å². The Balaban J connectivity index is 2.06. The predicted molar refractivity (Wildman–Crippen MR) is 142 cm³/mol. The molecule has 0 saturated heterocycles. The Morgan fingerprint density at radius 3 is 2.52 bits per heavy atom. The van der Waals surface area contributed by atoms with E-state index in [9.17, 15) is 4.79 Å². The highest BCUT2D eigenvalue weighted by Crippen LogP contribution is 2.43. The molecule has 1 aromatic carbocycles. The molecule has 33 heavy (non-hydrogen) atoms. The lowest BCUT2D eigenvalue weighted by Crippen LogP contribution is -2.46. The van der Waals surface area contributed by atoms with Crippen LogP contribution in [-0.4, -0.2) is 34.4 Å². The van der Waals surface area contributed by atoms with Crippen molar-refractivity contribution in [2.45, 2.75) is 77.3 Å². The van der Waals surface area contributed by atoms with E-state index >= 15 is 0 Å². The van der Waals surface area contributed by atoms with E-state index in [0.29, 0.717) is 22.9 Å². The third-order valence-electron chi connectivity index (χ3n) is 7.08. The zero-order chi connectivity index (χ0) is 24.5. The summed E-state index contributed by atoms with van der Waals surface area (Å²) < 4.78 is 18.9. The summed E-state index contributed by atoms with van der Waals surface area (Å²) in [4.78, 5) is 10.8. The van der Waals surface area contributed by atoms with Crippen LogP contribution in [0.25, 0.3) is 0 Å². The van der Waals surface area contributed by atoms with E-state index in [1.54, 1.807) is 13.2 Å². The molecule has 1 aliphatic rings. The molecule has 0 spiro atoms. The summed E-state index contributed by atoms with van der Waals surface area (Å²) in [5.74, 6) is 1.85. The van der Waals surface area contributed by atoms with Crippen molar-refractivity contribution in [1.29, 1.82) is 0 Å². The van der Waals surface area contributed by atoms with Gasteiger partial charge in [0, 0.05) is 0 Å². The van der Waals surface area contributed by atoms with Gasteiger partial charge >= 0.3 is 0 Å². The Labute approximate surface area is 210 Å². The Morgan fingerprint density at radius 2 is 1.91 bits per heavy atom. The molecular formula is C27H41BrO4Si. The highest BCUT2D eigenvalue weighted by Gasteiger charge is 2.42. The fourth-order valence-electron chi connectivity index (χ4n) is 4.09. The van der Waals surface area contributed by atoms with Crippen LogP contribution in [0.1, 0.15) is 52.0 Å². The monoisotopic (exact) mass is 536 g/mol. The lowest BCUT2D eigenvalue weighted by atomic mass is 9.89. The number of aldehydes is 1. The maximum absolute atomic E-state index is 10.8. The van der Waals surface area contributed by atoms with Gasteiger partial charge in [0.25, 0.3) is 0 Å². The highest BCUT2D eigenvalue weighted by atomic mass is 79.9. The molecule has 3 atom stereocenters. The molecule has 1 aromatic rings. The molecule has 1 saturated carbocycles. The van der Waals surface area contributed by atoms with E-state index < -0.39 is 8.32 Å². The molecule has 0 aliphatic heterocycles. The van der Waals surface area contributed by atoms with Crippen LogP contribution >= 0.6 is 15.9 Å². The van der Waals surface area contributed by atoms with E-state index in [4.69, 9.17) is 13.9 Å². The zero-order valence-electron chi connectivity index (χ0n) is 21.1. The molecule has 0 aromatic heterocycles. The first kappa shape index (κ1) is 28.0. The normalized spacial score (nSPS) is 20.9. The topological polar surface area (TPSA) is 44.8 Å². The van der Waals surface area contributed by atoms with Gasteiger partial charge in [-0.1, -0.05) is 51.5 Å². The first-order valence-electron chi connectivity index (χ1n) is 11.9. The summed E-state index contributed by atoms with van der Waals surface area (Å²) in [6.45, 7) is 12.9. The van der Waals surface area contributed by atoms with E-state index in [2.05, 4.69) is 68.0 Å². The molecule has 0 heterocycles. The van der Waals surface area contributed by atoms with E-state index in [-0.39, 0.29) is 11.1 Å². The lowest BCUT2D eigenvalue weighted by Gasteiger charge is -2.42. The molecular weight excluding hydrogens is 496 g/mol. The summed E-state index contributed by atoms with van der Waals surface area (Å²) in [5, 5.41) is 0.161. The van der Waals surface area contributed by atoms with Gasteiger partial charge in [-0.05, 0) is 88.9 Å². The third kappa shape index (κ3) is 8.82. The number of carbonyl (C=O) groups excluding carboxylic acids is 1. The molecule has 0 N–H and O–H groups in total. The summed E-state index contributed by atoms with van der Waals surface area (Å²) in [6.07, 6.45) is 11.3. The van der Waals surface area contributed by atoms with Gasteiger partial charge in [-0.25, -0.2) is 0 Å². The van der Waals surface area contributed by atoms with Gasteiger partial charge in [-0.2, -0.15) is 0 Å². The van der Waals surface area contributed by atoms with Crippen molar-refractivity contribution >= 4 is 30.5 Å². The Bertz CT molecular complexity index is 795. The zero-order valence-corrected chi connectivity index (χ0v) is 23.7. The standard InChI is InChI=1S/C27H41BrO4Si/c1-27(2,3)33(5,6)32-26(13-8-7-11-23(28)18-29)25-12-9-10-22(25)20-31-19-21-14-16-24(30-4)17-15-21/h7-8,11,14-18,22,25-26H,9-10,12-13,19-20H2,1-6H3/b8-7+,23-11-/t22-,25+,26-/m0/s1. The second-order valence-electron chi connectivity index (χ2n) is 10.5. The van der Waals surface area contributed by atoms with Crippen molar-refractivity contribution in [3.05, 3.63) is 52.5 Å². The smallest absolute Gasteiger partial charge is 0.192 e. The summed E-state index contributed by atoms with van der Waals surface area (Å²) in [5.41, 5.74) is 1.16. The van der Waals surface area contributed by atoms with Crippen LogP contribution in [0.4, 0.5) is 0 Å². The van der Waals surface area contributed by atoms with Crippen molar-refractivity contribution in [3.8, 4) is 5.75 Å². The Morgan fingerprint density at radius 1 is 1.21 bits per heavy atom. The molecule has 1 aliphatic carbocycles. The van der Waals surface area contributed by atoms with Gasteiger partial charge < -0.3 is 13.9 Å². The number of hydrogen-bond acceptors (Lipinski definition) is 4. The average molecular weight is 538 g/mol. The second kappa shape index (κ2) is 13.0. The second-order valence-corrected chi connectivity index (χ2v) is 16.1. The molecule has 1 fully saturated rings. The highest BCUT2D eigenvalue weighted by molar-refractivity contribution is 9.12. The summed E-state index contributed by atoms with van der Waals surface area (Å²) in [7, 11) is -0.233. The minimum atomic E-state index is -1.91. The van der Waals surface area contributed by atoms with Gasteiger partial charge in [-0.15, -0.1) is 0 Å². The first-order chi connectivity index (χ1) is 15.6. The molecule has 0 amide bonds. The van der Waals surface area contributed by atoms with Crippen molar-refractivity contribution in [1.82, 2.24) is 0 Å². The van der Waals surface area contributed by atoms with Crippen molar-refractivity contribution < 1.29 is 18.7 Å². The summed E-state index contributed by atoms with van der Waals surface area (Å²) in [6, 6.07) is 8.07. The van der Waals surface area contributed by atoms with Gasteiger partial charge in [-0.3, -0.25) is 4.79 Å². The largest absolute Gasteiger partial charge is 0.497 e. The van der Waals surface area contributed by atoms with E-state index in [1.165, 1.54) is 19.3 Å². The summed E-state index contributed by atoms with van der Waals surface area (Å²) >= 11 is 3.24. The lowest BCUT2D eigenvalue weighted by molar-refractivity contribution is -0.104.